The minimum atomic E-state index is -0.614. The fraction of sp³-hybridized carbons (Fsp3) is 0.222. The number of ketones is 1. The van der Waals surface area contributed by atoms with Crippen LogP contribution < -0.4 is 9.64 Å². The molecule has 0 saturated carbocycles. The van der Waals surface area contributed by atoms with Crippen LogP contribution in [-0.2, 0) is 14.3 Å². The van der Waals surface area contributed by atoms with Gasteiger partial charge in [0.25, 0.3) is 0 Å². The number of ether oxygens (including phenoxy) is 2. The van der Waals surface area contributed by atoms with E-state index in [2.05, 4.69) is 15.9 Å². The van der Waals surface area contributed by atoms with E-state index in [1.54, 1.807) is 53.4 Å². The molecule has 3 aromatic carbocycles. The minimum Gasteiger partial charge on any atom is -0.457 e. The Hall–Kier alpha value is -3.45. The van der Waals surface area contributed by atoms with Gasteiger partial charge in [-0.15, -0.1) is 0 Å². The highest BCUT2D eigenvalue weighted by Gasteiger charge is 2.36. The van der Waals surface area contributed by atoms with Gasteiger partial charge in [0, 0.05) is 28.7 Å². The summed E-state index contributed by atoms with van der Waals surface area (Å²) in [4.78, 5) is 38.8. The molecule has 4 rings (SSSR count). The van der Waals surface area contributed by atoms with E-state index in [0.717, 1.165) is 15.8 Å². The second kappa shape index (κ2) is 10.2. The highest BCUT2D eigenvalue weighted by molar-refractivity contribution is 9.10. The summed E-state index contributed by atoms with van der Waals surface area (Å²) in [6, 6.07) is 19.9. The summed E-state index contributed by atoms with van der Waals surface area (Å²) in [5.41, 5.74) is 3.48. The zero-order chi connectivity index (χ0) is 24.2. The first kappa shape index (κ1) is 23.7. The molecule has 1 aliphatic heterocycles. The van der Waals surface area contributed by atoms with Gasteiger partial charge in [0.1, 0.15) is 11.5 Å². The van der Waals surface area contributed by atoms with Gasteiger partial charge in [-0.3, -0.25) is 14.4 Å². The average Bonchev–Trinajstić information content (AvgIpc) is 3.22. The molecule has 3 aromatic rings. The van der Waals surface area contributed by atoms with Crippen LogP contribution in [-0.4, -0.2) is 30.8 Å². The number of rotatable bonds is 7. The maximum absolute atomic E-state index is 12.5. The number of benzene rings is 3. The van der Waals surface area contributed by atoms with Crippen molar-refractivity contribution in [2.75, 3.05) is 18.1 Å². The Balaban J connectivity index is 1.33. The van der Waals surface area contributed by atoms with Crippen LogP contribution in [0.2, 0.25) is 0 Å². The van der Waals surface area contributed by atoms with Gasteiger partial charge in [-0.05, 0) is 73.5 Å². The highest BCUT2D eigenvalue weighted by atomic mass is 79.9. The van der Waals surface area contributed by atoms with Crippen molar-refractivity contribution in [3.05, 3.63) is 87.9 Å². The maximum atomic E-state index is 12.5. The van der Waals surface area contributed by atoms with Crippen LogP contribution in [0.5, 0.6) is 11.5 Å². The third-order valence-corrected chi connectivity index (χ3v) is 6.36. The molecule has 0 aliphatic carbocycles. The van der Waals surface area contributed by atoms with Crippen molar-refractivity contribution in [2.24, 2.45) is 5.92 Å². The average molecular weight is 522 g/mol. The van der Waals surface area contributed by atoms with Crippen LogP contribution in [0.15, 0.2) is 71.2 Å². The zero-order valence-corrected chi connectivity index (χ0v) is 20.5. The summed E-state index contributed by atoms with van der Waals surface area (Å²) < 4.78 is 12.0. The Bertz CT molecular complexity index is 1220. The lowest BCUT2D eigenvalue weighted by atomic mass is 10.1. The SMILES string of the molecule is Cc1ccc(Oc2ccc(N3C[C@H](C(=O)OCC(=O)c4ccc(Br)cc4)CC3=O)cc2)cc1C. The predicted octanol–water partition coefficient (Wildman–Crippen LogP) is 5.64. The molecule has 1 saturated heterocycles. The molecule has 0 radical (unpaired) electrons. The van der Waals surface area contributed by atoms with E-state index in [0.29, 0.717) is 17.0 Å². The molecule has 6 nitrogen and oxygen atoms in total. The van der Waals surface area contributed by atoms with Gasteiger partial charge in [-0.1, -0.05) is 34.1 Å². The first-order valence-electron chi connectivity index (χ1n) is 10.9. The fourth-order valence-corrected chi connectivity index (χ4v) is 3.96. The van der Waals surface area contributed by atoms with E-state index >= 15 is 0 Å². The summed E-state index contributed by atoms with van der Waals surface area (Å²) in [7, 11) is 0. The fourth-order valence-electron chi connectivity index (χ4n) is 3.70. The number of esters is 1. The van der Waals surface area contributed by atoms with E-state index in [1.807, 2.05) is 32.0 Å². The first-order valence-corrected chi connectivity index (χ1v) is 11.7. The second-order valence-corrected chi connectivity index (χ2v) is 9.20. The molecule has 1 aliphatic rings. The predicted molar refractivity (Wildman–Crippen MR) is 132 cm³/mol. The lowest BCUT2D eigenvalue weighted by molar-refractivity contribution is -0.147. The standard InChI is InChI=1S/C27H24BrNO5/c1-17-3-10-24(13-18(17)2)34-23-11-8-22(9-12-23)29-15-20(14-26(29)31)27(32)33-16-25(30)19-4-6-21(28)7-5-19/h3-13,20H,14-16H2,1-2H3/t20-/m1/s1. The summed E-state index contributed by atoms with van der Waals surface area (Å²) in [5.74, 6) is -0.215. The van der Waals surface area contributed by atoms with Gasteiger partial charge in [0.05, 0.1) is 5.92 Å². The van der Waals surface area contributed by atoms with Crippen LogP contribution >= 0.6 is 15.9 Å². The van der Waals surface area contributed by atoms with Gasteiger partial charge in [0.2, 0.25) is 5.91 Å². The normalized spacial score (nSPS) is 15.3. The quantitative estimate of drug-likeness (QED) is 0.297. The number of carbonyl (C=O) groups excluding carboxylic acids is 3. The lowest BCUT2D eigenvalue weighted by Crippen LogP contribution is -2.27. The summed E-state index contributed by atoms with van der Waals surface area (Å²) >= 11 is 3.32. The molecular weight excluding hydrogens is 498 g/mol. The Kier molecular flexibility index (Phi) is 7.12. The highest BCUT2D eigenvalue weighted by Crippen LogP contribution is 2.29. The maximum Gasteiger partial charge on any atom is 0.311 e. The van der Waals surface area contributed by atoms with Crippen molar-refractivity contribution in [2.45, 2.75) is 20.3 Å². The van der Waals surface area contributed by atoms with Crippen molar-refractivity contribution in [1.82, 2.24) is 0 Å². The number of hydrogen-bond donors (Lipinski definition) is 0. The Morgan fingerprint density at radius 2 is 1.62 bits per heavy atom. The van der Waals surface area contributed by atoms with Crippen molar-refractivity contribution in [1.29, 1.82) is 0 Å². The van der Waals surface area contributed by atoms with Crippen molar-refractivity contribution in [3.8, 4) is 11.5 Å². The summed E-state index contributed by atoms with van der Waals surface area (Å²) in [5, 5.41) is 0. The van der Waals surface area contributed by atoms with E-state index in [1.165, 1.54) is 5.56 Å². The van der Waals surface area contributed by atoms with Crippen LogP contribution in [0.4, 0.5) is 5.69 Å². The number of amides is 1. The molecule has 34 heavy (non-hydrogen) atoms. The number of aryl methyl sites for hydroxylation is 2. The zero-order valence-electron chi connectivity index (χ0n) is 18.9. The van der Waals surface area contributed by atoms with Crippen molar-refractivity contribution in [3.63, 3.8) is 0 Å². The van der Waals surface area contributed by atoms with Crippen LogP contribution in [0.1, 0.15) is 27.9 Å². The van der Waals surface area contributed by atoms with Crippen LogP contribution in [0.25, 0.3) is 0 Å². The molecular formula is C27H24BrNO5. The van der Waals surface area contributed by atoms with E-state index in [9.17, 15) is 14.4 Å². The van der Waals surface area contributed by atoms with E-state index in [-0.39, 0.29) is 31.3 Å². The lowest BCUT2D eigenvalue weighted by Gasteiger charge is -2.17. The molecule has 0 bridgehead atoms. The van der Waals surface area contributed by atoms with E-state index < -0.39 is 11.9 Å². The molecule has 0 N–H and O–H groups in total. The largest absolute Gasteiger partial charge is 0.457 e. The first-order chi connectivity index (χ1) is 16.3. The Morgan fingerprint density at radius 3 is 2.29 bits per heavy atom. The summed E-state index contributed by atoms with van der Waals surface area (Å²) in [6.07, 6.45) is 0.0478. The van der Waals surface area contributed by atoms with Gasteiger partial charge < -0.3 is 14.4 Å². The number of hydrogen-bond acceptors (Lipinski definition) is 5. The molecule has 0 unspecified atom stereocenters. The Labute approximate surface area is 206 Å². The smallest absolute Gasteiger partial charge is 0.311 e. The van der Waals surface area contributed by atoms with Crippen molar-refractivity contribution >= 4 is 39.3 Å². The van der Waals surface area contributed by atoms with Gasteiger partial charge >= 0.3 is 5.97 Å². The molecule has 1 atom stereocenters. The molecule has 0 spiro atoms. The van der Waals surface area contributed by atoms with Gasteiger partial charge in [-0.2, -0.15) is 0 Å². The van der Waals surface area contributed by atoms with Gasteiger partial charge in [-0.25, -0.2) is 0 Å². The third-order valence-electron chi connectivity index (χ3n) is 5.83. The molecule has 1 fully saturated rings. The molecule has 7 heteroatoms. The summed E-state index contributed by atoms with van der Waals surface area (Å²) in [6.45, 7) is 3.93. The monoisotopic (exact) mass is 521 g/mol. The molecule has 174 valence electrons. The van der Waals surface area contributed by atoms with Crippen LogP contribution in [0, 0.1) is 19.8 Å². The minimum absolute atomic E-state index is 0.0478. The number of halogens is 1. The number of nitrogens with zero attached hydrogens (tertiary/aromatic N) is 1. The topological polar surface area (TPSA) is 72.9 Å². The number of Topliss-reactive ketones (excluding diaryl/α,β-unsaturated/α-hetero) is 1. The second-order valence-electron chi connectivity index (χ2n) is 8.29. The number of anilines is 1. The molecule has 1 heterocycles. The van der Waals surface area contributed by atoms with Gasteiger partial charge in [0.15, 0.2) is 12.4 Å². The van der Waals surface area contributed by atoms with E-state index in [4.69, 9.17) is 9.47 Å². The van der Waals surface area contributed by atoms with Crippen molar-refractivity contribution < 1.29 is 23.9 Å². The molecule has 0 aromatic heterocycles. The number of carbonyl (C=O) groups is 3. The van der Waals surface area contributed by atoms with Crippen LogP contribution in [0.3, 0.4) is 0 Å². The Morgan fingerprint density at radius 1 is 0.941 bits per heavy atom. The third kappa shape index (κ3) is 5.54. The molecule has 1 amide bonds.